The number of hydrogen-bond donors (Lipinski definition) is 3. The molecule has 11 nitrogen and oxygen atoms in total. The third kappa shape index (κ3) is 3.96. The van der Waals surface area contributed by atoms with Gasteiger partial charge >= 0.3 is 11.9 Å². The number of carbonyl (C=O) groups excluding carboxylic acids is 1. The molecular formula is C21H19F3N6O5. The van der Waals surface area contributed by atoms with E-state index in [9.17, 15) is 27.6 Å². The van der Waals surface area contributed by atoms with Crippen LogP contribution >= 0.6 is 0 Å². The number of aryl methyl sites for hydroxylation is 1. The number of rotatable bonds is 7. The second kappa shape index (κ2) is 8.77. The fourth-order valence-corrected chi connectivity index (χ4v) is 3.85. The van der Waals surface area contributed by atoms with Gasteiger partial charge in [0.25, 0.3) is 17.0 Å². The number of H-pyrrole nitrogens is 1. The number of anilines is 2. The number of halogens is 3. The number of fused-ring (bicyclic) bond motifs is 1. The maximum Gasteiger partial charge on any atom is 0.425 e. The average Bonchev–Trinajstić information content (AvgIpc) is 3.12. The van der Waals surface area contributed by atoms with Gasteiger partial charge in [0.05, 0.1) is 14.2 Å². The largest absolute Gasteiger partial charge is 0.493 e. The molecular weight excluding hydrogens is 473 g/mol. The lowest BCUT2D eigenvalue weighted by Crippen LogP contribution is -2.56. The topological polar surface area (TPSA) is 140 Å². The molecule has 0 radical (unpaired) electrons. The number of aromatic nitrogens is 4. The number of carbonyl (C=O) groups is 1. The first-order chi connectivity index (χ1) is 16.6. The lowest BCUT2D eigenvalue weighted by atomic mass is 9.92. The predicted octanol–water partition coefficient (Wildman–Crippen LogP) is 1.41. The molecule has 3 N–H and O–H groups in total. The quantitative estimate of drug-likeness (QED) is 0.450. The zero-order valence-electron chi connectivity index (χ0n) is 18.4. The van der Waals surface area contributed by atoms with Gasteiger partial charge in [-0.05, 0) is 30.2 Å². The minimum atomic E-state index is -5.29. The Morgan fingerprint density at radius 2 is 1.77 bits per heavy atom. The van der Waals surface area contributed by atoms with Gasteiger partial charge in [-0.3, -0.25) is 19.1 Å². The van der Waals surface area contributed by atoms with Crippen molar-refractivity contribution in [2.45, 2.75) is 24.7 Å². The second-order valence-corrected chi connectivity index (χ2v) is 7.47. The molecule has 1 amide bonds. The summed E-state index contributed by atoms with van der Waals surface area (Å²) in [6.07, 6.45) is -2.80. The van der Waals surface area contributed by atoms with Crippen molar-refractivity contribution in [2.75, 3.05) is 24.9 Å². The van der Waals surface area contributed by atoms with Crippen molar-refractivity contribution in [2.24, 2.45) is 0 Å². The summed E-state index contributed by atoms with van der Waals surface area (Å²) in [6.45, 7) is -0.163. The van der Waals surface area contributed by atoms with Crippen LogP contribution < -0.4 is 31.4 Å². The number of ether oxygens (including phenoxy) is 2. The number of amides is 1. The summed E-state index contributed by atoms with van der Waals surface area (Å²) in [4.78, 5) is 47.2. The van der Waals surface area contributed by atoms with Crippen molar-refractivity contribution in [1.29, 1.82) is 0 Å². The zero-order valence-corrected chi connectivity index (χ0v) is 18.4. The summed E-state index contributed by atoms with van der Waals surface area (Å²) in [5.41, 5.74) is -6.21. The number of aromatic amines is 1. The molecule has 0 spiro atoms. The average molecular weight is 492 g/mol. The highest BCUT2D eigenvalue weighted by atomic mass is 19.4. The summed E-state index contributed by atoms with van der Waals surface area (Å²) in [7, 11) is 2.90. The summed E-state index contributed by atoms with van der Waals surface area (Å²) < 4.78 is 54.5. The molecule has 0 aliphatic carbocycles. The minimum absolute atomic E-state index is 0.156. The van der Waals surface area contributed by atoms with Crippen LogP contribution in [0.1, 0.15) is 11.1 Å². The van der Waals surface area contributed by atoms with E-state index in [1.54, 1.807) is 18.2 Å². The van der Waals surface area contributed by atoms with Gasteiger partial charge in [-0.15, -0.1) is 0 Å². The fraction of sp³-hybridized carbons (Fsp3) is 0.286. The number of nitrogens with zero attached hydrogens (tertiary/aromatic N) is 3. The van der Waals surface area contributed by atoms with Gasteiger partial charge in [-0.1, -0.05) is 6.07 Å². The Labute approximate surface area is 194 Å². The Kier molecular flexibility index (Phi) is 5.96. The van der Waals surface area contributed by atoms with E-state index in [-0.39, 0.29) is 13.0 Å². The normalized spacial score (nSPS) is 17.0. The van der Waals surface area contributed by atoms with Crippen molar-refractivity contribution in [1.82, 2.24) is 19.5 Å². The second-order valence-electron chi connectivity index (χ2n) is 7.47. The Balaban J connectivity index is 1.80. The fourth-order valence-electron chi connectivity index (χ4n) is 3.85. The molecule has 1 atom stereocenters. The van der Waals surface area contributed by atoms with Crippen molar-refractivity contribution in [3.8, 4) is 11.5 Å². The maximum atomic E-state index is 14.4. The molecule has 0 fully saturated rings. The Morgan fingerprint density at radius 3 is 2.40 bits per heavy atom. The van der Waals surface area contributed by atoms with Gasteiger partial charge in [0.1, 0.15) is 11.4 Å². The monoisotopic (exact) mass is 492 g/mol. The molecule has 184 valence electrons. The van der Waals surface area contributed by atoms with Crippen LogP contribution in [-0.4, -0.2) is 45.8 Å². The summed E-state index contributed by atoms with van der Waals surface area (Å²) in [6, 6.07) is 6.33. The van der Waals surface area contributed by atoms with Crippen LogP contribution in [0.4, 0.5) is 24.9 Å². The molecule has 3 aromatic rings. The van der Waals surface area contributed by atoms with E-state index in [1.807, 2.05) is 10.3 Å². The number of benzene rings is 1. The molecule has 0 saturated carbocycles. The smallest absolute Gasteiger partial charge is 0.425 e. The predicted molar refractivity (Wildman–Crippen MR) is 117 cm³/mol. The summed E-state index contributed by atoms with van der Waals surface area (Å²) in [5.74, 6) is -1.81. The van der Waals surface area contributed by atoms with Crippen LogP contribution in [0.2, 0.25) is 0 Å². The molecule has 14 heteroatoms. The Hall–Kier alpha value is -4.36. The first-order valence-electron chi connectivity index (χ1n) is 10.1. The summed E-state index contributed by atoms with van der Waals surface area (Å²) >= 11 is 0. The van der Waals surface area contributed by atoms with E-state index in [1.165, 1.54) is 32.7 Å². The van der Waals surface area contributed by atoms with Crippen LogP contribution in [-0.2, 0) is 23.3 Å². The van der Waals surface area contributed by atoms with E-state index in [0.29, 0.717) is 17.1 Å². The number of alkyl halides is 3. The van der Waals surface area contributed by atoms with Gasteiger partial charge in [0, 0.05) is 18.9 Å². The minimum Gasteiger partial charge on any atom is -0.493 e. The molecule has 0 bridgehead atoms. The number of methoxy groups -OCH3 is 2. The Morgan fingerprint density at radius 1 is 1.09 bits per heavy atom. The molecule has 0 saturated heterocycles. The van der Waals surface area contributed by atoms with Crippen LogP contribution in [0, 0.1) is 0 Å². The molecule has 35 heavy (non-hydrogen) atoms. The molecule has 1 aromatic carbocycles. The Bertz CT molecular complexity index is 1390. The number of nitrogens with one attached hydrogen (secondary N) is 3. The third-order valence-corrected chi connectivity index (χ3v) is 5.51. The van der Waals surface area contributed by atoms with E-state index in [4.69, 9.17) is 9.47 Å². The standard InChI is InChI=1S/C21H19F3N6O5/c1-34-12-5-4-11(10-13(12)35-2)6-9-30-15-14(16(31)28-19(30)33)20(17(32)27-15,21(22,23)24)29-18-25-7-3-8-26-18/h3-5,7-8,10H,6,9H2,1-2H3,(H,27,32)(H,25,26,29)(H,28,31,33). The van der Waals surface area contributed by atoms with Crippen LogP contribution in [0.15, 0.2) is 46.2 Å². The molecule has 3 heterocycles. The highest BCUT2D eigenvalue weighted by Crippen LogP contribution is 2.46. The lowest BCUT2D eigenvalue weighted by molar-refractivity contribution is -0.184. The highest BCUT2D eigenvalue weighted by Gasteiger charge is 2.68. The van der Waals surface area contributed by atoms with E-state index >= 15 is 0 Å². The molecule has 4 rings (SSSR count). The SMILES string of the molecule is COc1ccc(CCn2c3c(c(=O)[nH]c2=O)C(Nc2ncccn2)(C(F)(F)F)C(=O)N3)cc1OC. The number of hydrogen-bond acceptors (Lipinski definition) is 8. The molecule has 1 aliphatic heterocycles. The van der Waals surface area contributed by atoms with E-state index < -0.39 is 46.2 Å². The van der Waals surface area contributed by atoms with Crippen molar-refractivity contribution < 1.29 is 27.4 Å². The van der Waals surface area contributed by atoms with Crippen molar-refractivity contribution >= 4 is 17.7 Å². The molecule has 2 aromatic heterocycles. The van der Waals surface area contributed by atoms with Crippen LogP contribution in [0.25, 0.3) is 0 Å². The maximum absolute atomic E-state index is 14.4. The van der Waals surface area contributed by atoms with Crippen LogP contribution in [0.3, 0.4) is 0 Å². The first-order valence-corrected chi connectivity index (χ1v) is 10.1. The first kappa shape index (κ1) is 23.8. The van der Waals surface area contributed by atoms with Crippen LogP contribution in [0.5, 0.6) is 11.5 Å². The molecule has 1 aliphatic rings. The van der Waals surface area contributed by atoms with Crippen molar-refractivity contribution in [3.05, 3.63) is 68.6 Å². The van der Waals surface area contributed by atoms with Gasteiger partial charge in [-0.25, -0.2) is 14.8 Å². The van der Waals surface area contributed by atoms with E-state index in [2.05, 4.69) is 15.3 Å². The van der Waals surface area contributed by atoms with Crippen molar-refractivity contribution in [3.63, 3.8) is 0 Å². The van der Waals surface area contributed by atoms with Gasteiger partial charge in [-0.2, -0.15) is 13.2 Å². The lowest BCUT2D eigenvalue weighted by Gasteiger charge is -2.29. The van der Waals surface area contributed by atoms with E-state index in [0.717, 1.165) is 4.57 Å². The molecule has 1 unspecified atom stereocenters. The highest BCUT2D eigenvalue weighted by molar-refractivity contribution is 6.07. The van der Waals surface area contributed by atoms with Gasteiger partial charge in [0.2, 0.25) is 5.95 Å². The third-order valence-electron chi connectivity index (χ3n) is 5.51. The van der Waals surface area contributed by atoms with Gasteiger partial charge < -0.3 is 20.1 Å². The van der Waals surface area contributed by atoms with Gasteiger partial charge in [0.15, 0.2) is 11.5 Å². The summed E-state index contributed by atoms with van der Waals surface area (Å²) in [5, 5.41) is 4.03. The zero-order chi connectivity index (χ0) is 25.4.